The van der Waals surface area contributed by atoms with E-state index in [1.54, 1.807) is 18.2 Å². The monoisotopic (exact) mass is 440 g/mol. The van der Waals surface area contributed by atoms with Crippen LogP contribution in [0.3, 0.4) is 0 Å². The maximum atomic E-state index is 13.1. The molecular weight excluding hydrogens is 408 g/mol. The molecule has 0 fully saturated rings. The van der Waals surface area contributed by atoms with E-state index in [9.17, 15) is 14.7 Å². The molecule has 3 nitrogen and oxygen atoms in total. The number of ketones is 2. The van der Waals surface area contributed by atoms with Gasteiger partial charge in [-0.15, -0.1) is 0 Å². The van der Waals surface area contributed by atoms with E-state index in [1.807, 2.05) is 56.3 Å². The molecule has 170 valence electrons. The Morgan fingerprint density at radius 1 is 1.15 bits per heavy atom. The van der Waals surface area contributed by atoms with Gasteiger partial charge in [-0.05, 0) is 53.2 Å². The van der Waals surface area contributed by atoms with Crippen LogP contribution in [0.4, 0.5) is 0 Å². The fourth-order valence-corrected chi connectivity index (χ4v) is 4.11. The zero-order chi connectivity index (χ0) is 24.0. The minimum absolute atomic E-state index is 0.0127. The fraction of sp³-hybridized carbons (Fsp3) is 0.267. The first-order valence-electron chi connectivity index (χ1n) is 11.5. The normalized spacial score (nSPS) is 19.2. The summed E-state index contributed by atoms with van der Waals surface area (Å²) >= 11 is 0. The Labute approximate surface area is 196 Å². The number of benzene rings is 2. The molecule has 0 amide bonds. The molecule has 0 radical (unpaired) electrons. The average Bonchev–Trinajstić information content (AvgIpc) is 2.79. The molecule has 2 aromatic carbocycles. The third-order valence-electron chi connectivity index (χ3n) is 6.28. The predicted molar refractivity (Wildman–Crippen MR) is 136 cm³/mol. The van der Waals surface area contributed by atoms with Gasteiger partial charge in [0.2, 0.25) is 0 Å². The molecule has 0 heterocycles. The van der Waals surface area contributed by atoms with E-state index in [4.69, 9.17) is 0 Å². The van der Waals surface area contributed by atoms with Crippen molar-refractivity contribution in [2.45, 2.75) is 33.6 Å². The van der Waals surface area contributed by atoms with Gasteiger partial charge in [-0.2, -0.15) is 0 Å². The second-order valence-corrected chi connectivity index (χ2v) is 8.83. The van der Waals surface area contributed by atoms with Crippen molar-refractivity contribution in [2.24, 2.45) is 17.8 Å². The van der Waals surface area contributed by atoms with Crippen molar-refractivity contribution in [3.8, 4) is 5.75 Å². The SMILES string of the molecule is C=C(C=CC=CC)C(=O)CC(C)C1=CC(CC(=O)c2cc3ccccc3cc2O)C(C)C=C1. The predicted octanol–water partition coefficient (Wildman–Crippen LogP) is 7.15. The largest absolute Gasteiger partial charge is 0.507 e. The molecule has 0 bridgehead atoms. The molecule has 3 unspecified atom stereocenters. The molecule has 0 aromatic heterocycles. The summed E-state index contributed by atoms with van der Waals surface area (Å²) in [7, 11) is 0. The Morgan fingerprint density at radius 2 is 1.85 bits per heavy atom. The van der Waals surface area contributed by atoms with Crippen molar-refractivity contribution in [3.05, 3.63) is 102 Å². The molecule has 1 aliphatic rings. The molecule has 3 rings (SSSR count). The Balaban J connectivity index is 1.72. The van der Waals surface area contributed by atoms with Gasteiger partial charge in [-0.1, -0.05) is 87.2 Å². The minimum Gasteiger partial charge on any atom is -0.507 e. The molecule has 2 aromatic rings. The lowest BCUT2D eigenvalue weighted by molar-refractivity contribution is -0.115. The number of aromatic hydroxyl groups is 1. The highest BCUT2D eigenvalue weighted by atomic mass is 16.3. The summed E-state index contributed by atoms with van der Waals surface area (Å²) in [5, 5.41) is 12.3. The number of hydrogen-bond donors (Lipinski definition) is 1. The molecular formula is C30H32O3. The van der Waals surface area contributed by atoms with Crippen LogP contribution in [0, 0.1) is 17.8 Å². The smallest absolute Gasteiger partial charge is 0.167 e. The van der Waals surface area contributed by atoms with Gasteiger partial charge in [0.05, 0.1) is 5.56 Å². The van der Waals surface area contributed by atoms with Crippen LogP contribution in [0.5, 0.6) is 5.75 Å². The second-order valence-electron chi connectivity index (χ2n) is 8.83. The second kappa shape index (κ2) is 10.9. The summed E-state index contributed by atoms with van der Waals surface area (Å²) in [5.41, 5.74) is 1.91. The lowest BCUT2D eigenvalue weighted by atomic mass is 9.79. The zero-order valence-electron chi connectivity index (χ0n) is 19.6. The van der Waals surface area contributed by atoms with E-state index in [2.05, 4.69) is 31.7 Å². The number of carbonyl (C=O) groups is 2. The van der Waals surface area contributed by atoms with Crippen LogP contribution < -0.4 is 0 Å². The highest BCUT2D eigenvalue weighted by Crippen LogP contribution is 2.33. The Morgan fingerprint density at radius 3 is 2.55 bits per heavy atom. The van der Waals surface area contributed by atoms with E-state index in [1.165, 1.54) is 0 Å². The Bertz CT molecular complexity index is 1180. The first kappa shape index (κ1) is 24.2. The van der Waals surface area contributed by atoms with Crippen molar-refractivity contribution in [2.75, 3.05) is 0 Å². The molecule has 1 aliphatic carbocycles. The molecule has 0 aliphatic heterocycles. The van der Waals surface area contributed by atoms with Crippen LogP contribution in [0.25, 0.3) is 10.8 Å². The van der Waals surface area contributed by atoms with Gasteiger partial charge >= 0.3 is 0 Å². The van der Waals surface area contributed by atoms with Crippen LogP contribution >= 0.6 is 0 Å². The van der Waals surface area contributed by atoms with Crippen LogP contribution in [-0.2, 0) is 4.79 Å². The first-order valence-corrected chi connectivity index (χ1v) is 11.5. The molecule has 0 spiro atoms. The van der Waals surface area contributed by atoms with Gasteiger partial charge in [0.25, 0.3) is 0 Å². The fourth-order valence-electron chi connectivity index (χ4n) is 4.11. The number of rotatable bonds is 9. The van der Waals surface area contributed by atoms with Crippen molar-refractivity contribution in [1.29, 1.82) is 0 Å². The van der Waals surface area contributed by atoms with Gasteiger partial charge in [0.15, 0.2) is 11.6 Å². The van der Waals surface area contributed by atoms with Crippen molar-refractivity contribution in [3.63, 3.8) is 0 Å². The van der Waals surface area contributed by atoms with Crippen LogP contribution in [0.2, 0.25) is 0 Å². The van der Waals surface area contributed by atoms with Gasteiger partial charge in [0.1, 0.15) is 5.75 Å². The summed E-state index contributed by atoms with van der Waals surface area (Å²) in [6.45, 7) is 9.92. The standard InChI is InChI=1S/C30H32O3/c1-5-6-7-10-21(3)28(31)15-22(4)23-14-13-20(2)26(16-23)19-30(33)27-17-24-11-8-9-12-25(24)18-29(27)32/h5-14,16-18,20,22,26,32H,3,15,19H2,1-2,4H3. The van der Waals surface area contributed by atoms with Gasteiger partial charge in [0, 0.05) is 18.4 Å². The Kier molecular flexibility index (Phi) is 8.00. The molecule has 1 N–H and O–H groups in total. The first-order chi connectivity index (χ1) is 15.8. The third-order valence-corrected chi connectivity index (χ3v) is 6.28. The number of fused-ring (bicyclic) bond motifs is 1. The maximum absolute atomic E-state index is 13.1. The number of hydrogen-bond acceptors (Lipinski definition) is 3. The van der Waals surface area contributed by atoms with E-state index in [0.717, 1.165) is 16.3 Å². The van der Waals surface area contributed by atoms with Crippen LogP contribution in [0.15, 0.2) is 96.7 Å². The lowest BCUT2D eigenvalue weighted by Gasteiger charge is -2.25. The number of allylic oxidation sites excluding steroid dienone is 9. The number of Topliss-reactive ketones (excluding diaryl/α,β-unsaturated/α-hetero) is 2. The van der Waals surface area contributed by atoms with Gasteiger partial charge in [-0.3, -0.25) is 9.59 Å². The third kappa shape index (κ3) is 6.07. The molecule has 0 saturated heterocycles. The molecule has 0 saturated carbocycles. The minimum atomic E-state index is -0.0766. The number of phenols is 1. The summed E-state index contributed by atoms with van der Waals surface area (Å²) < 4.78 is 0. The zero-order valence-corrected chi connectivity index (χ0v) is 19.6. The van der Waals surface area contributed by atoms with E-state index >= 15 is 0 Å². The molecule has 33 heavy (non-hydrogen) atoms. The van der Waals surface area contributed by atoms with E-state index in [-0.39, 0.29) is 35.1 Å². The van der Waals surface area contributed by atoms with Crippen molar-refractivity contribution in [1.82, 2.24) is 0 Å². The highest BCUT2D eigenvalue weighted by Gasteiger charge is 2.25. The summed E-state index contributed by atoms with van der Waals surface area (Å²) in [5.74, 6) is 0.197. The maximum Gasteiger partial charge on any atom is 0.167 e. The topological polar surface area (TPSA) is 54.4 Å². The Hall–Kier alpha value is -3.46. The van der Waals surface area contributed by atoms with E-state index < -0.39 is 0 Å². The quantitative estimate of drug-likeness (QED) is 0.256. The van der Waals surface area contributed by atoms with Gasteiger partial charge < -0.3 is 5.11 Å². The van der Waals surface area contributed by atoms with Crippen molar-refractivity contribution >= 4 is 22.3 Å². The van der Waals surface area contributed by atoms with Gasteiger partial charge in [-0.25, -0.2) is 0 Å². The lowest BCUT2D eigenvalue weighted by Crippen LogP contribution is -2.18. The average molecular weight is 441 g/mol. The van der Waals surface area contributed by atoms with E-state index in [0.29, 0.717) is 24.0 Å². The molecule has 3 atom stereocenters. The number of carbonyl (C=O) groups excluding carboxylic acids is 2. The number of phenolic OH excluding ortho intramolecular Hbond substituents is 1. The highest BCUT2D eigenvalue weighted by molar-refractivity contribution is 6.03. The van der Waals surface area contributed by atoms with Crippen LogP contribution in [-0.4, -0.2) is 16.7 Å². The van der Waals surface area contributed by atoms with Crippen LogP contribution in [0.1, 0.15) is 44.0 Å². The summed E-state index contributed by atoms with van der Waals surface area (Å²) in [6.07, 6.45) is 14.3. The summed E-state index contributed by atoms with van der Waals surface area (Å²) in [4.78, 5) is 25.6. The van der Waals surface area contributed by atoms with Crippen molar-refractivity contribution < 1.29 is 14.7 Å². The molecule has 3 heteroatoms. The summed E-state index contributed by atoms with van der Waals surface area (Å²) in [6, 6.07) is 11.1.